The van der Waals surface area contributed by atoms with Crippen LogP contribution in [0.3, 0.4) is 0 Å². The van der Waals surface area contributed by atoms with Gasteiger partial charge in [-0.25, -0.2) is 4.79 Å². The third-order valence-corrected chi connectivity index (χ3v) is 5.74. The first-order valence-electron chi connectivity index (χ1n) is 10.4. The summed E-state index contributed by atoms with van der Waals surface area (Å²) in [5.41, 5.74) is 3.05. The highest BCUT2D eigenvalue weighted by Gasteiger charge is 2.23. The first-order valence-corrected chi connectivity index (χ1v) is 11.3. The van der Waals surface area contributed by atoms with Crippen LogP contribution in [-0.2, 0) is 9.53 Å². The summed E-state index contributed by atoms with van der Waals surface area (Å²) in [6.07, 6.45) is 0. The number of hydrogen-bond donors (Lipinski definition) is 1. The van der Waals surface area contributed by atoms with Gasteiger partial charge in [0.2, 0.25) is 0 Å². The van der Waals surface area contributed by atoms with Crippen LogP contribution in [0.4, 0.5) is 5.00 Å². The molecule has 3 rings (SSSR count). The highest BCUT2D eigenvalue weighted by atomic mass is 32.1. The molecular weight excluding hydrogens is 426 g/mol. The second-order valence-electron chi connectivity index (χ2n) is 7.36. The van der Waals surface area contributed by atoms with Gasteiger partial charge in [0.1, 0.15) is 22.1 Å². The minimum atomic E-state index is -0.486. The molecule has 0 aliphatic rings. The lowest BCUT2D eigenvalue weighted by Crippen LogP contribution is -2.21. The van der Waals surface area contributed by atoms with E-state index in [2.05, 4.69) is 19.2 Å². The Kier molecular flexibility index (Phi) is 7.89. The van der Waals surface area contributed by atoms with Gasteiger partial charge in [-0.2, -0.15) is 0 Å². The van der Waals surface area contributed by atoms with E-state index in [-0.39, 0.29) is 19.1 Å². The molecule has 6 nitrogen and oxygen atoms in total. The standard InChI is InChI=1S/C25H27NO5S/c1-5-30-25(28)23-21(18-8-10-19(29-4)11-9-18)15-32-24(23)26-22(27)14-31-20-12-6-17(7-13-20)16(2)3/h6-13,15-16H,5,14H2,1-4H3,(H,26,27). The Hall–Kier alpha value is -3.32. The number of thiophene rings is 1. The van der Waals surface area contributed by atoms with Crippen LogP contribution >= 0.6 is 11.3 Å². The molecule has 0 aliphatic heterocycles. The monoisotopic (exact) mass is 453 g/mol. The normalized spacial score (nSPS) is 10.7. The van der Waals surface area contributed by atoms with Gasteiger partial charge in [0, 0.05) is 10.9 Å². The van der Waals surface area contributed by atoms with Gasteiger partial charge >= 0.3 is 5.97 Å². The number of esters is 1. The molecule has 32 heavy (non-hydrogen) atoms. The van der Waals surface area contributed by atoms with Crippen LogP contribution in [0, 0.1) is 0 Å². The first kappa shape index (κ1) is 23.3. The summed E-state index contributed by atoms with van der Waals surface area (Å²) < 4.78 is 16.0. The number of amides is 1. The van der Waals surface area contributed by atoms with Crippen LogP contribution in [0.25, 0.3) is 11.1 Å². The maximum Gasteiger partial charge on any atom is 0.341 e. The number of hydrogen-bond acceptors (Lipinski definition) is 6. The van der Waals surface area contributed by atoms with E-state index in [0.717, 1.165) is 5.56 Å². The fraction of sp³-hybridized carbons (Fsp3) is 0.280. The highest BCUT2D eigenvalue weighted by molar-refractivity contribution is 7.15. The van der Waals surface area contributed by atoms with Crippen molar-refractivity contribution in [3.05, 3.63) is 65.0 Å². The van der Waals surface area contributed by atoms with Crippen molar-refractivity contribution in [1.82, 2.24) is 0 Å². The molecule has 0 aliphatic carbocycles. The number of ether oxygens (including phenoxy) is 3. The highest BCUT2D eigenvalue weighted by Crippen LogP contribution is 2.37. The SMILES string of the molecule is CCOC(=O)c1c(-c2ccc(OC)cc2)csc1NC(=O)COc1ccc(C(C)C)cc1. The van der Waals surface area contributed by atoms with E-state index in [0.29, 0.717) is 33.5 Å². The summed E-state index contributed by atoms with van der Waals surface area (Å²) in [4.78, 5) is 25.2. The van der Waals surface area contributed by atoms with Crippen molar-refractivity contribution in [2.24, 2.45) is 0 Å². The predicted octanol–water partition coefficient (Wildman–Crippen LogP) is 5.74. The molecule has 0 radical (unpaired) electrons. The zero-order valence-electron chi connectivity index (χ0n) is 18.6. The number of benzene rings is 2. The molecule has 0 saturated carbocycles. The fourth-order valence-electron chi connectivity index (χ4n) is 3.10. The molecule has 0 spiro atoms. The molecule has 0 fully saturated rings. The maximum atomic E-state index is 12.7. The Morgan fingerprint density at radius 2 is 1.66 bits per heavy atom. The summed E-state index contributed by atoms with van der Waals surface area (Å²) in [7, 11) is 1.60. The van der Waals surface area contributed by atoms with E-state index in [4.69, 9.17) is 14.2 Å². The second kappa shape index (κ2) is 10.8. The number of carbonyl (C=O) groups excluding carboxylic acids is 2. The average molecular weight is 454 g/mol. The number of rotatable bonds is 9. The van der Waals surface area contributed by atoms with Crippen molar-refractivity contribution >= 4 is 28.2 Å². The van der Waals surface area contributed by atoms with E-state index in [1.165, 1.54) is 16.9 Å². The van der Waals surface area contributed by atoms with Crippen LogP contribution in [0.15, 0.2) is 53.9 Å². The second-order valence-corrected chi connectivity index (χ2v) is 8.24. The van der Waals surface area contributed by atoms with Crippen molar-refractivity contribution in [2.75, 3.05) is 25.6 Å². The van der Waals surface area contributed by atoms with Gasteiger partial charge in [0.05, 0.1) is 13.7 Å². The molecule has 3 aromatic rings. The lowest BCUT2D eigenvalue weighted by molar-refractivity contribution is -0.118. The van der Waals surface area contributed by atoms with Crippen molar-refractivity contribution in [1.29, 1.82) is 0 Å². The minimum Gasteiger partial charge on any atom is -0.497 e. The number of anilines is 1. The molecule has 1 heterocycles. The van der Waals surface area contributed by atoms with E-state index >= 15 is 0 Å². The van der Waals surface area contributed by atoms with Gasteiger partial charge in [-0.15, -0.1) is 11.3 Å². The molecule has 1 aromatic heterocycles. The number of carbonyl (C=O) groups is 2. The Morgan fingerprint density at radius 1 is 1.00 bits per heavy atom. The minimum absolute atomic E-state index is 0.168. The van der Waals surface area contributed by atoms with Gasteiger partial charge in [0.25, 0.3) is 5.91 Å². The van der Waals surface area contributed by atoms with Crippen LogP contribution < -0.4 is 14.8 Å². The van der Waals surface area contributed by atoms with Gasteiger partial charge in [-0.3, -0.25) is 4.79 Å². The summed E-state index contributed by atoms with van der Waals surface area (Å²) in [6.45, 7) is 6.05. The topological polar surface area (TPSA) is 73.9 Å². The number of methoxy groups -OCH3 is 1. The summed E-state index contributed by atoms with van der Waals surface area (Å²) in [5.74, 6) is 0.910. The van der Waals surface area contributed by atoms with Crippen LogP contribution in [0.1, 0.15) is 42.6 Å². The molecule has 1 N–H and O–H groups in total. The average Bonchev–Trinajstić information content (AvgIpc) is 3.21. The van der Waals surface area contributed by atoms with Crippen molar-refractivity contribution in [3.63, 3.8) is 0 Å². The lowest BCUT2D eigenvalue weighted by atomic mass is 10.0. The van der Waals surface area contributed by atoms with Gasteiger partial charge in [-0.05, 0) is 48.2 Å². The summed E-state index contributed by atoms with van der Waals surface area (Å²) >= 11 is 1.27. The van der Waals surface area contributed by atoms with Gasteiger partial charge in [-0.1, -0.05) is 38.1 Å². The van der Waals surface area contributed by atoms with Crippen molar-refractivity contribution < 1.29 is 23.8 Å². The van der Waals surface area contributed by atoms with Gasteiger partial charge in [0.15, 0.2) is 6.61 Å². The number of nitrogens with one attached hydrogen (secondary N) is 1. The maximum absolute atomic E-state index is 12.7. The zero-order valence-corrected chi connectivity index (χ0v) is 19.5. The Labute approximate surface area is 192 Å². The summed E-state index contributed by atoms with van der Waals surface area (Å²) in [5, 5.41) is 5.05. The molecule has 168 valence electrons. The Morgan fingerprint density at radius 3 is 2.25 bits per heavy atom. The molecule has 0 unspecified atom stereocenters. The van der Waals surface area contributed by atoms with Crippen LogP contribution in [0.2, 0.25) is 0 Å². The first-order chi connectivity index (χ1) is 15.4. The molecule has 7 heteroatoms. The zero-order chi connectivity index (χ0) is 23.1. The van der Waals surface area contributed by atoms with E-state index in [9.17, 15) is 9.59 Å². The molecule has 1 amide bonds. The lowest BCUT2D eigenvalue weighted by Gasteiger charge is -2.11. The third-order valence-electron chi connectivity index (χ3n) is 4.84. The Balaban J connectivity index is 1.75. The van der Waals surface area contributed by atoms with Crippen molar-refractivity contribution in [2.45, 2.75) is 26.7 Å². The quantitative estimate of drug-likeness (QED) is 0.418. The molecule has 0 bridgehead atoms. The van der Waals surface area contributed by atoms with Gasteiger partial charge < -0.3 is 19.5 Å². The van der Waals surface area contributed by atoms with E-state index in [1.807, 2.05) is 53.9 Å². The largest absolute Gasteiger partial charge is 0.497 e. The molecular formula is C25H27NO5S. The van der Waals surface area contributed by atoms with Crippen molar-refractivity contribution in [3.8, 4) is 22.6 Å². The van der Waals surface area contributed by atoms with Crippen LogP contribution in [0.5, 0.6) is 11.5 Å². The molecule has 2 aromatic carbocycles. The predicted molar refractivity (Wildman–Crippen MR) is 127 cm³/mol. The molecule has 0 saturated heterocycles. The molecule has 0 atom stereocenters. The van der Waals surface area contributed by atoms with E-state index in [1.54, 1.807) is 14.0 Å². The van der Waals surface area contributed by atoms with E-state index < -0.39 is 5.97 Å². The van der Waals surface area contributed by atoms with Crippen LogP contribution in [-0.4, -0.2) is 32.2 Å². The smallest absolute Gasteiger partial charge is 0.341 e. The fourth-order valence-corrected chi connectivity index (χ4v) is 4.07. The third kappa shape index (κ3) is 5.68. The Bertz CT molecular complexity index is 1050. The summed E-state index contributed by atoms with van der Waals surface area (Å²) in [6, 6.07) is 15.0.